The Morgan fingerprint density at radius 2 is 2.00 bits per heavy atom. The maximum absolute atomic E-state index is 13.7. The third-order valence-corrected chi connectivity index (χ3v) is 10.3. The number of halogens is 2. The average Bonchev–Trinajstić information content (AvgIpc) is 3.43. The van der Waals surface area contributed by atoms with Crippen LogP contribution in [0.15, 0.2) is 42.9 Å². The van der Waals surface area contributed by atoms with E-state index in [9.17, 15) is 9.00 Å². The summed E-state index contributed by atoms with van der Waals surface area (Å²) in [6.45, 7) is 10.2. The van der Waals surface area contributed by atoms with E-state index in [0.717, 1.165) is 24.8 Å². The number of rotatable bonds is 9. The van der Waals surface area contributed by atoms with E-state index in [1.54, 1.807) is 18.3 Å². The fourth-order valence-electron chi connectivity index (χ4n) is 4.93. The molecule has 2 heterocycles. The molecule has 0 radical (unpaired) electrons. The quantitative estimate of drug-likeness (QED) is 0.252. The Bertz CT molecular complexity index is 1320. The lowest BCUT2D eigenvalue weighted by molar-refractivity contribution is 0.104. The molecule has 0 bridgehead atoms. The lowest BCUT2D eigenvalue weighted by Crippen LogP contribution is -2.36. The van der Waals surface area contributed by atoms with Gasteiger partial charge in [0.1, 0.15) is 12.1 Å². The van der Waals surface area contributed by atoms with Gasteiger partial charge in [0, 0.05) is 22.8 Å². The number of ketones is 1. The summed E-state index contributed by atoms with van der Waals surface area (Å²) in [6, 6.07) is 8.86. The molecule has 1 fully saturated rings. The molecule has 0 spiro atoms. The van der Waals surface area contributed by atoms with Crippen molar-refractivity contribution in [1.29, 1.82) is 0 Å². The zero-order valence-electron chi connectivity index (χ0n) is 22.3. The van der Waals surface area contributed by atoms with E-state index in [-0.39, 0.29) is 11.8 Å². The van der Waals surface area contributed by atoms with Crippen LogP contribution in [0.25, 0.3) is 0 Å². The molecule has 0 amide bonds. The second-order valence-corrected chi connectivity index (χ2v) is 15.0. The van der Waals surface area contributed by atoms with E-state index in [2.05, 4.69) is 33.9 Å². The number of nitrogens with zero attached hydrogens (tertiary/aromatic N) is 2. The minimum atomic E-state index is -1.40. The van der Waals surface area contributed by atoms with Gasteiger partial charge in [0.25, 0.3) is 0 Å². The van der Waals surface area contributed by atoms with E-state index in [1.165, 1.54) is 17.7 Å². The van der Waals surface area contributed by atoms with E-state index in [0.29, 0.717) is 43.0 Å². The van der Waals surface area contributed by atoms with Crippen LogP contribution in [0.3, 0.4) is 0 Å². The molecule has 38 heavy (non-hydrogen) atoms. The highest BCUT2D eigenvalue weighted by Gasteiger charge is 2.32. The van der Waals surface area contributed by atoms with Gasteiger partial charge < -0.3 is 5.32 Å². The second kappa shape index (κ2) is 12.1. The molecule has 1 aromatic carbocycles. The van der Waals surface area contributed by atoms with Crippen LogP contribution in [0.2, 0.25) is 9.36 Å². The van der Waals surface area contributed by atoms with Crippen LogP contribution < -0.4 is 10.0 Å². The maximum atomic E-state index is 13.7. The lowest BCUT2D eigenvalue weighted by Gasteiger charge is -2.24. The highest BCUT2D eigenvalue weighted by atomic mass is 35.5. The summed E-state index contributed by atoms with van der Waals surface area (Å²) >= 11 is 14.2. The molecular formula is C28H34Cl2N4O2S2. The van der Waals surface area contributed by atoms with Crippen molar-refractivity contribution in [2.75, 3.05) is 5.32 Å². The first kappa shape index (κ1) is 29.2. The number of thiophene rings is 1. The molecule has 3 aromatic rings. The van der Waals surface area contributed by atoms with Gasteiger partial charge in [-0.05, 0) is 69.2 Å². The van der Waals surface area contributed by atoms with Gasteiger partial charge in [0.15, 0.2) is 0 Å². The number of hydrogen-bond donors (Lipinski definition) is 2. The largest absolute Gasteiger partial charge is 0.367 e. The molecule has 1 saturated carbocycles. The zero-order chi connectivity index (χ0) is 27.6. The minimum absolute atomic E-state index is 0.203. The summed E-state index contributed by atoms with van der Waals surface area (Å²) in [6.07, 6.45) is 6.27. The molecule has 2 N–H and O–H groups in total. The molecule has 4 rings (SSSR count). The van der Waals surface area contributed by atoms with Crippen LogP contribution >= 0.6 is 34.5 Å². The first-order chi connectivity index (χ1) is 18.0. The van der Waals surface area contributed by atoms with Gasteiger partial charge in [-0.2, -0.15) is 0 Å². The summed E-state index contributed by atoms with van der Waals surface area (Å²) in [5.41, 5.74) is 1.89. The van der Waals surface area contributed by atoms with Crippen LogP contribution in [0.1, 0.15) is 86.3 Å². The number of anilines is 1. The molecule has 2 unspecified atom stereocenters. The monoisotopic (exact) mass is 592 g/mol. The van der Waals surface area contributed by atoms with E-state index >= 15 is 0 Å². The lowest BCUT2D eigenvalue weighted by atomic mass is 9.96. The zero-order valence-corrected chi connectivity index (χ0v) is 25.4. The van der Waals surface area contributed by atoms with Crippen molar-refractivity contribution in [2.45, 2.75) is 70.7 Å². The van der Waals surface area contributed by atoms with Gasteiger partial charge in [-0.25, -0.2) is 18.9 Å². The Morgan fingerprint density at radius 3 is 2.66 bits per heavy atom. The number of benzene rings is 1. The van der Waals surface area contributed by atoms with Crippen molar-refractivity contribution in [3.8, 4) is 0 Å². The molecule has 10 heteroatoms. The van der Waals surface area contributed by atoms with Gasteiger partial charge in [-0.15, -0.1) is 11.3 Å². The average molecular weight is 594 g/mol. The smallest absolute Gasteiger partial charge is 0.208 e. The van der Waals surface area contributed by atoms with Crippen molar-refractivity contribution in [3.05, 3.63) is 73.8 Å². The molecule has 1 aliphatic carbocycles. The van der Waals surface area contributed by atoms with Gasteiger partial charge in [0.05, 0.1) is 36.6 Å². The molecule has 1 aliphatic rings. The maximum Gasteiger partial charge on any atom is 0.208 e. The fraction of sp³-hybridized carbons (Fsp3) is 0.464. The number of carbonyl (C=O) groups excluding carboxylic acids is 1. The number of hydrogen-bond acceptors (Lipinski definition) is 6. The van der Waals surface area contributed by atoms with E-state index in [4.69, 9.17) is 23.2 Å². The summed E-state index contributed by atoms with van der Waals surface area (Å²) in [7, 11) is -1.40. The molecule has 6 nitrogen and oxygen atoms in total. The number of aromatic nitrogens is 2. The normalized spacial score (nSPS) is 21.3. The van der Waals surface area contributed by atoms with Crippen molar-refractivity contribution in [3.63, 3.8) is 0 Å². The summed E-state index contributed by atoms with van der Waals surface area (Å²) in [5, 5.41) is 4.06. The predicted molar refractivity (Wildman–Crippen MR) is 159 cm³/mol. The SMILES string of the molecule is CC[C@H]1C[C@@H](Nc2ncncc2C(=O)c2cc(C(NS(=O)C(C)(C)C)c3cccc(Cl)c3)c(Cl)s2)C[C@@H]1C. The Hall–Kier alpha value is -1.84. The van der Waals surface area contributed by atoms with Crippen LogP contribution in [-0.2, 0) is 11.0 Å². The van der Waals surface area contributed by atoms with Gasteiger partial charge in [-0.1, -0.05) is 55.6 Å². The van der Waals surface area contributed by atoms with Gasteiger partial charge in [0.2, 0.25) is 5.78 Å². The van der Waals surface area contributed by atoms with Crippen LogP contribution in [0, 0.1) is 11.8 Å². The van der Waals surface area contributed by atoms with Crippen LogP contribution in [0.5, 0.6) is 0 Å². The number of nitrogens with one attached hydrogen (secondary N) is 2. The predicted octanol–water partition coefficient (Wildman–Crippen LogP) is 7.45. The Labute approximate surface area is 241 Å². The molecule has 0 saturated heterocycles. The van der Waals surface area contributed by atoms with Crippen LogP contribution in [0.4, 0.5) is 5.82 Å². The van der Waals surface area contributed by atoms with E-state index < -0.39 is 21.8 Å². The molecule has 5 atom stereocenters. The van der Waals surface area contributed by atoms with Crippen molar-refractivity contribution < 1.29 is 9.00 Å². The minimum Gasteiger partial charge on any atom is -0.367 e. The van der Waals surface area contributed by atoms with Gasteiger partial charge in [-0.3, -0.25) is 4.79 Å². The van der Waals surface area contributed by atoms with Gasteiger partial charge >= 0.3 is 0 Å². The Kier molecular flexibility index (Phi) is 9.30. The second-order valence-electron chi connectivity index (χ2n) is 10.9. The molecule has 2 aromatic heterocycles. The third kappa shape index (κ3) is 6.65. The topological polar surface area (TPSA) is 84.0 Å². The first-order valence-electron chi connectivity index (χ1n) is 12.8. The molecule has 0 aliphatic heterocycles. The highest BCUT2D eigenvalue weighted by molar-refractivity contribution is 7.84. The standard InChI is InChI=1S/C28H34Cl2N4O2S2/c1-6-17-12-20(10-16(17)2)33-27-22(14-31-15-32-27)25(35)23-13-21(26(30)37-23)24(34-38(36)28(3,4)5)18-8-7-9-19(29)11-18/h7-9,11,13-17,20,24,34H,6,10,12H2,1-5H3,(H,31,32,33)/t16-,17-,20-,24?,38?/m0/s1. The highest BCUT2D eigenvalue weighted by Crippen LogP contribution is 2.39. The summed E-state index contributed by atoms with van der Waals surface area (Å²) in [4.78, 5) is 22.7. The first-order valence-corrected chi connectivity index (χ1v) is 15.5. The van der Waals surface area contributed by atoms with Crippen molar-refractivity contribution >= 4 is 57.1 Å². The molecular weight excluding hydrogens is 559 g/mol. The third-order valence-electron chi connectivity index (χ3n) is 7.08. The Balaban J connectivity index is 1.65. The number of carbonyl (C=O) groups is 1. The van der Waals surface area contributed by atoms with Crippen LogP contribution in [-0.4, -0.2) is 30.7 Å². The fourth-order valence-corrected chi connectivity index (χ4v) is 7.25. The Morgan fingerprint density at radius 1 is 1.24 bits per heavy atom. The summed E-state index contributed by atoms with van der Waals surface area (Å²) < 4.78 is 16.2. The summed E-state index contributed by atoms with van der Waals surface area (Å²) in [5.74, 6) is 1.64. The van der Waals surface area contributed by atoms with E-state index in [1.807, 2.05) is 39.0 Å². The van der Waals surface area contributed by atoms with Crippen molar-refractivity contribution in [2.24, 2.45) is 11.8 Å². The van der Waals surface area contributed by atoms with Crippen molar-refractivity contribution in [1.82, 2.24) is 14.7 Å². The molecule has 204 valence electrons.